The van der Waals surface area contributed by atoms with Gasteiger partial charge in [0.1, 0.15) is 4.60 Å². The Kier molecular flexibility index (Phi) is 3.62. The third kappa shape index (κ3) is 2.57. The number of nitrogens with zero attached hydrogens (tertiary/aromatic N) is 1. The Morgan fingerprint density at radius 3 is 3.00 bits per heavy atom. The van der Waals surface area contributed by atoms with E-state index in [0.29, 0.717) is 6.04 Å². The van der Waals surface area contributed by atoms with Gasteiger partial charge in [-0.05, 0) is 59.4 Å². The molecule has 3 rings (SSSR count). The van der Waals surface area contributed by atoms with E-state index in [0.717, 1.165) is 23.1 Å². The maximum atomic E-state index is 4.63. The van der Waals surface area contributed by atoms with Crippen LogP contribution < -0.4 is 5.32 Å². The molecule has 1 N–H and O–H groups in total. The fourth-order valence-corrected chi connectivity index (χ4v) is 3.11. The second-order valence-electron chi connectivity index (χ2n) is 4.98. The molecule has 2 heterocycles. The van der Waals surface area contributed by atoms with Crippen molar-refractivity contribution in [1.82, 2.24) is 10.3 Å². The third-order valence-corrected chi connectivity index (χ3v) is 4.32. The summed E-state index contributed by atoms with van der Waals surface area (Å²) in [6, 6.07) is 11.2. The van der Waals surface area contributed by atoms with Gasteiger partial charge in [-0.25, -0.2) is 4.98 Å². The zero-order valence-electron chi connectivity index (χ0n) is 10.3. The van der Waals surface area contributed by atoms with Crippen molar-refractivity contribution in [3.8, 4) is 0 Å². The molecule has 1 aromatic carbocycles. The highest BCUT2D eigenvalue weighted by Crippen LogP contribution is 2.23. The molecule has 2 nitrogen and oxygen atoms in total. The molecule has 1 aromatic heterocycles. The van der Waals surface area contributed by atoms with Gasteiger partial charge in [0.15, 0.2) is 0 Å². The first-order valence-corrected chi connectivity index (χ1v) is 7.40. The summed E-state index contributed by atoms with van der Waals surface area (Å²) < 4.78 is 0.994. The summed E-state index contributed by atoms with van der Waals surface area (Å²) in [5.74, 6) is 0. The van der Waals surface area contributed by atoms with Crippen LogP contribution in [0.1, 0.15) is 24.8 Å². The standard InChI is InChI=1S/C15H17BrN2/c16-15-12(10-13-6-3-4-8-17-13)9-11-5-1-2-7-14(11)18-15/h1-2,5,7,9,13,17H,3-4,6,8,10H2. The highest BCUT2D eigenvalue weighted by molar-refractivity contribution is 9.10. The van der Waals surface area contributed by atoms with Crippen LogP contribution in [0, 0.1) is 0 Å². The van der Waals surface area contributed by atoms with Crippen LogP contribution in [0.25, 0.3) is 10.9 Å². The summed E-state index contributed by atoms with van der Waals surface area (Å²) in [5.41, 5.74) is 2.37. The molecule has 0 bridgehead atoms. The van der Waals surface area contributed by atoms with E-state index in [-0.39, 0.29) is 0 Å². The third-order valence-electron chi connectivity index (χ3n) is 3.63. The van der Waals surface area contributed by atoms with Crippen molar-refractivity contribution in [2.45, 2.75) is 31.7 Å². The number of aromatic nitrogens is 1. The minimum Gasteiger partial charge on any atom is -0.314 e. The molecule has 1 aliphatic heterocycles. The van der Waals surface area contributed by atoms with Crippen LogP contribution in [0.5, 0.6) is 0 Å². The molecular weight excluding hydrogens is 288 g/mol. The minimum absolute atomic E-state index is 0.609. The SMILES string of the molecule is Brc1nc2ccccc2cc1CC1CCCCN1. The normalized spacial score (nSPS) is 20.2. The molecule has 0 aliphatic carbocycles. The Morgan fingerprint density at radius 2 is 2.17 bits per heavy atom. The van der Waals surface area contributed by atoms with Crippen molar-refractivity contribution in [3.05, 3.63) is 40.5 Å². The minimum atomic E-state index is 0.609. The van der Waals surface area contributed by atoms with Gasteiger partial charge in [0.25, 0.3) is 0 Å². The predicted molar refractivity (Wildman–Crippen MR) is 78.8 cm³/mol. The van der Waals surface area contributed by atoms with Gasteiger partial charge in [0.2, 0.25) is 0 Å². The summed E-state index contributed by atoms with van der Waals surface area (Å²) in [6.07, 6.45) is 5.00. The lowest BCUT2D eigenvalue weighted by molar-refractivity contribution is 0.399. The van der Waals surface area contributed by atoms with Crippen molar-refractivity contribution in [2.24, 2.45) is 0 Å². The zero-order valence-corrected chi connectivity index (χ0v) is 11.9. The Balaban J connectivity index is 1.88. The molecule has 2 aromatic rings. The van der Waals surface area contributed by atoms with Crippen LogP contribution in [0.3, 0.4) is 0 Å². The molecule has 1 unspecified atom stereocenters. The number of fused-ring (bicyclic) bond motifs is 1. The second kappa shape index (κ2) is 5.37. The number of rotatable bonds is 2. The monoisotopic (exact) mass is 304 g/mol. The van der Waals surface area contributed by atoms with Crippen LogP contribution in [0.15, 0.2) is 34.9 Å². The average molecular weight is 305 g/mol. The predicted octanol–water partition coefficient (Wildman–Crippen LogP) is 3.68. The lowest BCUT2D eigenvalue weighted by atomic mass is 9.98. The van der Waals surface area contributed by atoms with E-state index in [9.17, 15) is 0 Å². The molecule has 0 amide bonds. The fourth-order valence-electron chi connectivity index (χ4n) is 2.64. The number of nitrogens with one attached hydrogen (secondary N) is 1. The summed E-state index contributed by atoms with van der Waals surface area (Å²) in [5, 5.41) is 4.82. The number of piperidine rings is 1. The molecule has 18 heavy (non-hydrogen) atoms. The topological polar surface area (TPSA) is 24.9 Å². The Morgan fingerprint density at radius 1 is 1.28 bits per heavy atom. The number of benzene rings is 1. The Bertz CT molecular complexity index is 547. The molecule has 3 heteroatoms. The summed E-state index contributed by atoms with van der Waals surface area (Å²) in [7, 11) is 0. The maximum absolute atomic E-state index is 4.63. The van der Waals surface area contributed by atoms with Crippen LogP contribution >= 0.6 is 15.9 Å². The molecule has 1 saturated heterocycles. The summed E-state index contributed by atoms with van der Waals surface area (Å²) >= 11 is 3.61. The summed E-state index contributed by atoms with van der Waals surface area (Å²) in [4.78, 5) is 4.63. The molecule has 1 atom stereocenters. The highest BCUT2D eigenvalue weighted by Gasteiger charge is 2.15. The van der Waals surface area contributed by atoms with Crippen molar-refractivity contribution in [2.75, 3.05) is 6.54 Å². The molecule has 1 fully saturated rings. The van der Waals surface area contributed by atoms with Crippen molar-refractivity contribution in [3.63, 3.8) is 0 Å². The Labute approximate surface area is 116 Å². The second-order valence-corrected chi connectivity index (χ2v) is 5.73. The quantitative estimate of drug-likeness (QED) is 0.856. The van der Waals surface area contributed by atoms with Gasteiger partial charge in [0.05, 0.1) is 5.52 Å². The maximum Gasteiger partial charge on any atom is 0.110 e. The number of pyridine rings is 1. The van der Waals surface area contributed by atoms with E-state index in [1.165, 1.54) is 30.2 Å². The largest absolute Gasteiger partial charge is 0.314 e. The first kappa shape index (κ1) is 12.1. The van der Waals surface area contributed by atoms with E-state index in [4.69, 9.17) is 0 Å². The van der Waals surface area contributed by atoms with Crippen molar-refractivity contribution in [1.29, 1.82) is 0 Å². The Hall–Kier alpha value is -0.930. The van der Waals surface area contributed by atoms with Crippen LogP contribution in [-0.2, 0) is 6.42 Å². The zero-order chi connectivity index (χ0) is 12.4. The van der Waals surface area contributed by atoms with E-state index >= 15 is 0 Å². The molecule has 94 valence electrons. The lowest BCUT2D eigenvalue weighted by Crippen LogP contribution is -2.35. The molecule has 0 radical (unpaired) electrons. The van der Waals surface area contributed by atoms with Gasteiger partial charge in [-0.3, -0.25) is 0 Å². The van der Waals surface area contributed by atoms with Crippen LogP contribution in [0.2, 0.25) is 0 Å². The molecule has 0 spiro atoms. The first-order valence-electron chi connectivity index (χ1n) is 6.60. The van der Waals surface area contributed by atoms with Gasteiger partial charge in [-0.15, -0.1) is 0 Å². The van der Waals surface area contributed by atoms with E-state index in [2.05, 4.69) is 50.5 Å². The van der Waals surface area contributed by atoms with Gasteiger partial charge >= 0.3 is 0 Å². The van der Waals surface area contributed by atoms with E-state index in [1.807, 2.05) is 6.07 Å². The first-order chi connectivity index (χ1) is 8.83. The fraction of sp³-hybridized carbons (Fsp3) is 0.400. The van der Waals surface area contributed by atoms with Crippen molar-refractivity contribution < 1.29 is 0 Å². The molecule has 1 aliphatic rings. The average Bonchev–Trinajstić information content (AvgIpc) is 2.41. The number of hydrogen-bond donors (Lipinski definition) is 1. The van der Waals surface area contributed by atoms with E-state index in [1.54, 1.807) is 0 Å². The van der Waals surface area contributed by atoms with Crippen molar-refractivity contribution >= 4 is 26.8 Å². The highest BCUT2D eigenvalue weighted by atomic mass is 79.9. The smallest absolute Gasteiger partial charge is 0.110 e. The van der Waals surface area contributed by atoms with Crippen LogP contribution in [-0.4, -0.2) is 17.6 Å². The number of halogens is 1. The number of para-hydroxylation sites is 1. The van der Waals surface area contributed by atoms with Gasteiger partial charge in [-0.2, -0.15) is 0 Å². The number of hydrogen-bond acceptors (Lipinski definition) is 2. The van der Waals surface area contributed by atoms with Gasteiger partial charge in [0, 0.05) is 11.4 Å². The molecular formula is C15H17BrN2. The van der Waals surface area contributed by atoms with Crippen LogP contribution in [0.4, 0.5) is 0 Å². The van der Waals surface area contributed by atoms with E-state index < -0.39 is 0 Å². The summed E-state index contributed by atoms with van der Waals surface area (Å²) in [6.45, 7) is 1.16. The lowest BCUT2D eigenvalue weighted by Gasteiger charge is -2.23. The molecule has 0 saturated carbocycles. The van der Waals surface area contributed by atoms with Gasteiger partial charge < -0.3 is 5.32 Å². The van der Waals surface area contributed by atoms with Gasteiger partial charge in [-0.1, -0.05) is 24.6 Å².